The van der Waals surface area contributed by atoms with Crippen molar-refractivity contribution in [2.24, 2.45) is 0 Å². The summed E-state index contributed by atoms with van der Waals surface area (Å²) in [5, 5.41) is 2.09. The van der Waals surface area contributed by atoms with E-state index in [-0.39, 0.29) is 0 Å². The van der Waals surface area contributed by atoms with Crippen molar-refractivity contribution in [3.63, 3.8) is 0 Å². The maximum Gasteiger partial charge on any atom is 0.150 e. The summed E-state index contributed by atoms with van der Waals surface area (Å²) in [5.74, 6) is 2.70. The SMILES string of the molecule is c1ccc2[nH]c(C3CCN(c4ncnc5ccsc45)CC3)nc2c1. The Labute approximate surface area is 143 Å². The quantitative estimate of drug-likeness (QED) is 0.602. The molecule has 4 heterocycles. The van der Waals surface area contributed by atoms with Gasteiger partial charge in [-0.2, -0.15) is 0 Å². The van der Waals surface area contributed by atoms with Crippen LogP contribution in [0.15, 0.2) is 42.0 Å². The van der Waals surface area contributed by atoms with Crippen molar-refractivity contribution in [1.82, 2.24) is 19.9 Å². The van der Waals surface area contributed by atoms with Crippen LogP contribution in [-0.2, 0) is 0 Å². The second-order valence-electron chi connectivity index (χ2n) is 6.23. The molecule has 24 heavy (non-hydrogen) atoms. The summed E-state index contributed by atoms with van der Waals surface area (Å²) in [5.41, 5.74) is 3.24. The molecule has 0 saturated carbocycles. The van der Waals surface area contributed by atoms with Crippen LogP contribution in [0.4, 0.5) is 5.82 Å². The summed E-state index contributed by atoms with van der Waals surface area (Å²) in [6.07, 6.45) is 3.86. The van der Waals surface area contributed by atoms with Crippen LogP contribution in [0.25, 0.3) is 21.3 Å². The molecule has 1 N–H and O–H groups in total. The molecule has 3 aromatic heterocycles. The van der Waals surface area contributed by atoms with Gasteiger partial charge in [-0.3, -0.25) is 0 Å². The third-order valence-electron chi connectivity index (χ3n) is 4.81. The average Bonchev–Trinajstić information content (AvgIpc) is 3.28. The number of fused-ring (bicyclic) bond motifs is 2. The minimum absolute atomic E-state index is 0.495. The van der Waals surface area contributed by atoms with E-state index in [4.69, 9.17) is 4.98 Å². The number of thiophene rings is 1. The first-order valence-electron chi connectivity index (χ1n) is 8.26. The van der Waals surface area contributed by atoms with Gasteiger partial charge in [0, 0.05) is 19.0 Å². The van der Waals surface area contributed by atoms with Crippen molar-refractivity contribution in [2.45, 2.75) is 18.8 Å². The Morgan fingerprint density at radius 1 is 1.04 bits per heavy atom. The molecule has 0 radical (unpaired) electrons. The van der Waals surface area contributed by atoms with Crippen molar-refractivity contribution in [3.05, 3.63) is 47.9 Å². The summed E-state index contributed by atoms with van der Waals surface area (Å²) in [7, 11) is 0. The van der Waals surface area contributed by atoms with E-state index in [2.05, 4.69) is 43.4 Å². The number of para-hydroxylation sites is 2. The highest BCUT2D eigenvalue weighted by atomic mass is 32.1. The highest BCUT2D eigenvalue weighted by molar-refractivity contribution is 7.17. The van der Waals surface area contributed by atoms with Crippen molar-refractivity contribution < 1.29 is 0 Å². The first kappa shape index (κ1) is 13.9. The number of anilines is 1. The second-order valence-corrected chi connectivity index (χ2v) is 7.15. The van der Waals surface area contributed by atoms with Crippen LogP contribution in [0.2, 0.25) is 0 Å². The minimum atomic E-state index is 0.495. The Kier molecular flexibility index (Phi) is 3.23. The number of aromatic amines is 1. The monoisotopic (exact) mass is 335 g/mol. The standard InChI is InChI=1S/C18H17N5S/c1-2-4-14-13(3-1)21-17(22-14)12-5-8-23(9-6-12)18-16-15(7-10-24-16)19-11-20-18/h1-4,7,10-12H,5-6,8-9H2,(H,21,22). The van der Waals surface area contributed by atoms with Crippen LogP contribution in [0.1, 0.15) is 24.6 Å². The largest absolute Gasteiger partial charge is 0.355 e. The molecule has 0 amide bonds. The van der Waals surface area contributed by atoms with E-state index in [1.54, 1.807) is 17.7 Å². The number of rotatable bonds is 2. The van der Waals surface area contributed by atoms with Crippen LogP contribution in [0.5, 0.6) is 0 Å². The van der Waals surface area contributed by atoms with Gasteiger partial charge in [0.1, 0.15) is 18.0 Å². The molecule has 4 aromatic rings. The summed E-state index contributed by atoms with van der Waals surface area (Å²) >= 11 is 1.72. The molecule has 1 fully saturated rings. The fourth-order valence-electron chi connectivity index (χ4n) is 3.53. The molecule has 1 saturated heterocycles. The van der Waals surface area contributed by atoms with Crippen LogP contribution < -0.4 is 4.90 Å². The maximum absolute atomic E-state index is 4.78. The smallest absolute Gasteiger partial charge is 0.150 e. The molecule has 5 rings (SSSR count). The predicted molar refractivity (Wildman–Crippen MR) is 97.7 cm³/mol. The number of nitrogens with zero attached hydrogens (tertiary/aromatic N) is 4. The lowest BCUT2D eigenvalue weighted by molar-refractivity contribution is 0.488. The zero-order valence-corrected chi connectivity index (χ0v) is 14.0. The molecule has 0 atom stereocenters. The first-order valence-corrected chi connectivity index (χ1v) is 9.14. The average molecular weight is 335 g/mol. The molecule has 0 unspecified atom stereocenters. The third kappa shape index (κ3) is 2.26. The number of imidazole rings is 1. The zero-order chi connectivity index (χ0) is 15.9. The molecule has 1 aromatic carbocycles. The van der Waals surface area contributed by atoms with Gasteiger partial charge in [-0.25, -0.2) is 15.0 Å². The van der Waals surface area contributed by atoms with Gasteiger partial charge in [0.15, 0.2) is 0 Å². The lowest BCUT2D eigenvalue weighted by Crippen LogP contribution is -2.33. The number of nitrogens with one attached hydrogen (secondary N) is 1. The van der Waals surface area contributed by atoms with E-state index in [1.807, 2.05) is 12.1 Å². The van der Waals surface area contributed by atoms with Gasteiger partial charge in [0.25, 0.3) is 0 Å². The molecule has 1 aliphatic rings. The Morgan fingerprint density at radius 2 is 1.92 bits per heavy atom. The summed E-state index contributed by atoms with van der Waals surface area (Å²) in [6, 6.07) is 10.3. The Balaban J connectivity index is 1.38. The van der Waals surface area contributed by atoms with Crippen LogP contribution in [0.3, 0.4) is 0 Å². The Hall–Kier alpha value is -2.47. The lowest BCUT2D eigenvalue weighted by atomic mass is 9.96. The van der Waals surface area contributed by atoms with Crippen molar-refractivity contribution in [1.29, 1.82) is 0 Å². The lowest BCUT2D eigenvalue weighted by Gasteiger charge is -2.32. The van der Waals surface area contributed by atoms with E-state index in [9.17, 15) is 0 Å². The van der Waals surface area contributed by atoms with E-state index in [0.29, 0.717) is 5.92 Å². The summed E-state index contributed by atoms with van der Waals surface area (Å²) in [4.78, 5) is 19.5. The summed E-state index contributed by atoms with van der Waals surface area (Å²) in [6.45, 7) is 2.01. The normalized spacial score (nSPS) is 16.2. The van der Waals surface area contributed by atoms with E-state index in [1.165, 1.54) is 4.70 Å². The minimum Gasteiger partial charge on any atom is -0.355 e. The Morgan fingerprint density at radius 3 is 2.79 bits per heavy atom. The highest BCUT2D eigenvalue weighted by Crippen LogP contribution is 2.33. The van der Waals surface area contributed by atoms with Crippen LogP contribution in [0, 0.1) is 0 Å². The number of aromatic nitrogens is 4. The van der Waals surface area contributed by atoms with Gasteiger partial charge in [-0.15, -0.1) is 11.3 Å². The molecule has 6 heteroatoms. The number of benzene rings is 1. The summed E-state index contributed by atoms with van der Waals surface area (Å²) < 4.78 is 1.19. The third-order valence-corrected chi connectivity index (χ3v) is 5.71. The van der Waals surface area contributed by atoms with Gasteiger partial charge in [0.2, 0.25) is 0 Å². The fraction of sp³-hybridized carbons (Fsp3) is 0.278. The van der Waals surface area contributed by atoms with Gasteiger partial charge < -0.3 is 9.88 Å². The Bertz CT molecular complexity index is 964. The van der Waals surface area contributed by atoms with Gasteiger partial charge in [-0.05, 0) is 36.4 Å². The first-order chi connectivity index (χ1) is 11.9. The molecule has 5 nitrogen and oxygen atoms in total. The van der Waals surface area contributed by atoms with Gasteiger partial charge >= 0.3 is 0 Å². The van der Waals surface area contributed by atoms with Gasteiger partial charge in [-0.1, -0.05) is 12.1 Å². The predicted octanol–water partition coefficient (Wildman–Crippen LogP) is 3.95. The molecule has 0 aliphatic carbocycles. The van der Waals surface area contributed by atoms with Crippen molar-refractivity contribution in [3.8, 4) is 0 Å². The second kappa shape index (κ2) is 5.56. The molecule has 120 valence electrons. The van der Waals surface area contributed by atoms with Crippen molar-refractivity contribution >= 4 is 38.4 Å². The molecule has 0 bridgehead atoms. The zero-order valence-electron chi connectivity index (χ0n) is 13.1. The van der Waals surface area contributed by atoms with E-state index in [0.717, 1.165) is 54.1 Å². The van der Waals surface area contributed by atoms with Gasteiger partial charge in [0.05, 0.1) is 21.3 Å². The molecular formula is C18H17N5S. The highest BCUT2D eigenvalue weighted by Gasteiger charge is 2.25. The van der Waals surface area contributed by atoms with E-state index >= 15 is 0 Å². The number of H-pyrrole nitrogens is 1. The number of hydrogen-bond donors (Lipinski definition) is 1. The molecule has 1 aliphatic heterocycles. The van der Waals surface area contributed by atoms with Crippen LogP contribution in [-0.4, -0.2) is 33.0 Å². The van der Waals surface area contributed by atoms with E-state index < -0.39 is 0 Å². The van der Waals surface area contributed by atoms with Crippen molar-refractivity contribution in [2.75, 3.05) is 18.0 Å². The fourth-order valence-corrected chi connectivity index (χ4v) is 4.39. The number of piperidine rings is 1. The molecule has 0 spiro atoms. The van der Waals surface area contributed by atoms with Crippen LogP contribution >= 0.6 is 11.3 Å². The topological polar surface area (TPSA) is 57.7 Å². The number of hydrogen-bond acceptors (Lipinski definition) is 5. The maximum atomic E-state index is 4.78. The molecular weight excluding hydrogens is 318 g/mol.